The second kappa shape index (κ2) is 10.1. The number of methoxy groups -OCH3 is 1. The van der Waals surface area contributed by atoms with Crippen molar-refractivity contribution < 1.29 is 14.3 Å². The highest BCUT2D eigenvalue weighted by molar-refractivity contribution is 7.99. The maximum Gasteiger partial charge on any atom is 0.250 e. The third kappa shape index (κ3) is 6.41. The summed E-state index contributed by atoms with van der Waals surface area (Å²) in [5, 5.41) is 4.92. The van der Waals surface area contributed by atoms with Gasteiger partial charge in [0.2, 0.25) is 0 Å². The van der Waals surface area contributed by atoms with E-state index >= 15 is 0 Å². The van der Waals surface area contributed by atoms with E-state index in [-0.39, 0.29) is 11.7 Å². The first-order valence-electron chi connectivity index (χ1n) is 8.20. The summed E-state index contributed by atoms with van der Waals surface area (Å²) < 4.78 is 10.7. The number of aromatic nitrogens is 2. The minimum absolute atomic E-state index is 0.161. The molecule has 1 N–H and O–H groups in total. The normalized spacial score (nSPS) is 10.9. The number of hydrogen-bond acceptors (Lipinski definition) is 7. The Hall–Kier alpha value is -2.32. The van der Waals surface area contributed by atoms with E-state index in [2.05, 4.69) is 20.5 Å². The van der Waals surface area contributed by atoms with Crippen LogP contribution in [-0.4, -0.2) is 41.6 Å². The van der Waals surface area contributed by atoms with E-state index in [9.17, 15) is 4.79 Å². The number of hydrogen-bond donors (Lipinski definition) is 1. The third-order valence-corrected chi connectivity index (χ3v) is 4.36. The Balaban J connectivity index is 1.95. The number of rotatable bonds is 8. The van der Waals surface area contributed by atoms with Gasteiger partial charge in [-0.05, 0) is 44.5 Å². The first kappa shape index (κ1) is 21.0. The van der Waals surface area contributed by atoms with Crippen LogP contribution in [0.2, 0.25) is 5.02 Å². The number of aryl methyl sites for hydroxylation is 2. The molecular weight excluding hydrogens is 388 g/mol. The van der Waals surface area contributed by atoms with Crippen molar-refractivity contribution in [3.63, 3.8) is 0 Å². The minimum Gasteiger partial charge on any atom is -0.491 e. The second-order valence-corrected chi connectivity index (χ2v) is 6.83. The zero-order valence-electron chi connectivity index (χ0n) is 15.6. The molecule has 1 heterocycles. The smallest absolute Gasteiger partial charge is 0.250 e. The first-order chi connectivity index (χ1) is 12.9. The van der Waals surface area contributed by atoms with Crippen molar-refractivity contribution in [1.82, 2.24) is 15.4 Å². The van der Waals surface area contributed by atoms with Crippen molar-refractivity contribution in [2.24, 2.45) is 5.10 Å². The molecule has 144 valence electrons. The number of carbonyl (C=O) groups is 1. The lowest BCUT2D eigenvalue weighted by molar-refractivity contribution is -0.118. The molecule has 0 fully saturated rings. The van der Waals surface area contributed by atoms with Crippen molar-refractivity contribution in [2.75, 3.05) is 19.5 Å². The van der Waals surface area contributed by atoms with Gasteiger partial charge in [0.15, 0.2) is 16.7 Å². The van der Waals surface area contributed by atoms with Gasteiger partial charge in [-0.15, -0.1) is 0 Å². The van der Waals surface area contributed by atoms with E-state index in [4.69, 9.17) is 21.1 Å². The summed E-state index contributed by atoms with van der Waals surface area (Å²) in [6.07, 6.45) is 1.49. The summed E-state index contributed by atoms with van der Waals surface area (Å²) >= 11 is 7.44. The van der Waals surface area contributed by atoms with Crippen molar-refractivity contribution in [1.29, 1.82) is 0 Å². The van der Waals surface area contributed by atoms with Crippen molar-refractivity contribution >= 4 is 35.5 Å². The lowest BCUT2D eigenvalue weighted by Gasteiger charge is -2.11. The summed E-state index contributed by atoms with van der Waals surface area (Å²) in [5.41, 5.74) is 4.88. The molecule has 0 radical (unpaired) electrons. The van der Waals surface area contributed by atoms with Gasteiger partial charge < -0.3 is 9.47 Å². The molecule has 9 heteroatoms. The number of halogens is 1. The molecule has 0 unspecified atom stereocenters. The number of amides is 1. The number of benzene rings is 1. The number of ether oxygens (including phenoxy) is 2. The molecule has 0 aliphatic rings. The van der Waals surface area contributed by atoms with Crippen LogP contribution in [0.4, 0.5) is 0 Å². The molecule has 27 heavy (non-hydrogen) atoms. The fourth-order valence-corrected chi connectivity index (χ4v) is 3.26. The number of nitrogens with zero attached hydrogens (tertiary/aromatic N) is 3. The fourth-order valence-electron chi connectivity index (χ4n) is 2.22. The zero-order valence-corrected chi connectivity index (χ0v) is 17.1. The van der Waals surface area contributed by atoms with Gasteiger partial charge in [0.25, 0.3) is 5.91 Å². The molecule has 0 saturated heterocycles. The average Bonchev–Trinajstić information content (AvgIpc) is 2.59. The lowest BCUT2D eigenvalue weighted by Crippen LogP contribution is -2.19. The Kier molecular flexibility index (Phi) is 7.87. The molecular formula is C18H21ClN4O3S. The van der Waals surface area contributed by atoms with E-state index in [0.717, 1.165) is 11.4 Å². The number of hydrazone groups is 1. The minimum atomic E-state index is -0.261. The topological polar surface area (TPSA) is 85.7 Å². The quantitative estimate of drug-likeness (QED) is 0.312. The van der Waals surface area contributed by atoms with E-state index in [1.54, 1.807) is 12.1 Å². The van der Waals surface area contributed by atoms with Crippen LogP contribution in [0.3, 0.4) is 0 Å². The van der Waals surface area contributed by atoms with Gasteiger partial charge in [-0.2, -0.15) is 5.10 Å². The fraction of sp³-hybridized carbons (Fsp3) is 0.333. The molecule has 7 nitrogen and oxygen atoms in total. The van der Waals surface area contributed by atoms with E-state index in [0.29, 0.717) is 33.8 Å². The summed E-state index contributed by atoms with van der Waals surface area (Å²) in [4.78, 5) is 20.5. The Morgan fingerprint density at radius 1 is 1.30 bits per heavy atom. The van der Waals surface area contributed by atoms with E-state index in [1.165, 1.54) is 25.1 Å². The highest BCUT2D eigenvalue weighted by Crippen LogP contribution is 2.35. The molecule has 1 aromatic carbocycles. The number of nitrogens with one attached hydrogen (secondary N) is 1. The van der Waals surface area contributed by atoms with Crippen LogP contribution in [0.1, 0.15) is 23.9 Å². The molecule has 1 aromatic heterocycles. The van der Waals surface area contributed by atoms with E-state index < -0.39 is 0 Å². The van der Waals surface area contributed by atoms with Gasteiger partial charge in [-0.25, -0.2) is 15.4 Å². The Labute approximate surface area is 167 Å². The van der Waals surface area contributed by atoms with Crippen LogP contribution in [0.15, 0.2) is 28.5 Å². The summed E-state index contributed by atoms with van der Waals surface area (Å²) in [7, 11) is 1.52. The van der Waals surface area contributed by atoms with Gasteiger partial charge in [0, 0.05) is 11.4 Å². The molecule has 0 spiro atoms. The monoisotopic (exact) mass is 408 g/mol. The van der Waals surface area contributed by atoms with Crippen LogP contribution in [0.25, 0.3) is 0 Å². The van der Waals surface area contributed by atoms with Gasteiger partial charge in [-0.3, -0.25) is 4.79 Å². The molecule has 0 bridgehead atoms. The maximum atomic E-state index is 11.9. The maximum absolute atomic E-state index is 11.9. The number of thioether (sulfide) groups is 1. The van der Waals surface area contributed by atoms with E-state index in [1.807, 2.05) is 26.8 Å². The van der Waals surface area contributed by atoms with Crippen LogP contribution < -0.4 is 14.9 Å². The van der Waals surface area contributed by atoms with Crippen molar-refractivity contribution in [3.8, 4) is 11.5 Å². The van der Waals surface area contributed by atoms with Crippen molar-refractivity contribution in [3.05, 3.63) is 40.2 Å². The van der Waals surface area contributed by atoms with Gasteiger partial charge in [0.05, 0.1) is 30.7 Å². The van der Waals surface area contributed by atoms with Gasteiger partial charge in [-0.1, -0.05) is 23.4 Å². The highest BCUT2D eigenvalue weighted by Gasteiger charge is 2.11. The average molecular weight is 409 g/mol. The van der Waals surface area contributed by atoms with Crippen molar-refractivity contribution in [2.45, 2.75) is 25.9 Å². The lowest BCUT2D eigenvalue weighted by atomic mass is 10.2. The highest BCUT2D eigenvalue weighted by atomic mass is 35.5. The third-order valence-electron chi connectivity index (χ3n) is 3.23. The molecule has 2 rings (SSSR count). The Bertz CT molecular complexity index is 825. The summed E-state index contributed by atoms with van der Waals surface area (Å²) in [5.74, 6) is 0.879. The van der Waals surface area contributed by atoms with Crippen LogP contribution in [-0.2, 0) is 4.79 Å². The second-order valence-electron chi connectivity index (χ2n) is 5.48. The predicted molar refractivity (Wildman–Crippen MR) is 107 cm³/mol. The molecule has 0 aliphatic heterocycles. The largest absolute Gasteiger partial charge is 0.491 e. The summed E-state index contributed by atoms with van der Waals surface area (Å²) in [6.45, 7) is 6.12. The predicted octanol–water partition coefficient (Wildman–Crippen LogP) is 3.40. The molecule has 0 aliphatic carbocycles. The SMILES string of the molecule is CCOc1cc(/C=N\NC(=O)CSc2nc(C)cc(C)n2)cc(Cl)c1OC. The molecule has 1 amide bonds. The van der Waals surface area contributed by atoms with Crippen LogP contribution >= 0.6 is 23.4 Å². The van der Waals surface area contributed by atoms with Gasteiger partial charge >= 0.3 is 0 Å². The standard InChI is InChI=1S/C18H21ClN4O3S/c1-5-26-15-8-13(7-14(19)17(15)25-4)9-20-23-16(24)10-27-18-21-11(2)6-12(3)22-18/h6-9H,5,10H2,1-4H3,(H,23,24)/b20-9-. The van der Waals surface area contributed by atoms with Gasteiger partial charge in [0.1, 0.15) is 0 Å². The Morgan fingerprint density at radius 2 is 2.00 bits per heavy atom. The molecule has 0 atom stereocenters. The summed E-state index contributed by atoms with van der Waals surface area (Å²) in [6, 6.07) is 5.30. The number of carbonyl (C=O) groups excluding carboxylic acids is 1. The molecule has 2 aromatic rings. The first-order valence-corrected chi connectivity index (χ1v) is 9.56. The van der Waals surface area contributed by atoms with Crippen LogP contribution in [0.5, 0.6) is 11.5 Å². The molecule has 0 saturated carbocycles. The zero-order chi connectivity index (χ0) is 19.8. The van der Waals surface area contributed by atoms with Crippen LogP contribution in [0, 0.1) is 13.8 Å². The Morgan fingerprint density at radius 3 is 2.63 bits per heavy atom.